The van der Waals surface area contributed by atoms with Crippen molar-refractivity contribution in [3.8, 4) is 0 Å². The maximum Gasteiger partial charge on any atom is 0.336 e. The van der Waals surface area contributed by atoms with Crippen LogP contribution in [-0.4, -0.2) is 37.7 Å². The van der Waals surface area contributed by atoms with Crippen molar-refractivity contribution in [2.75, 3.05) is 19.8 Å². The predicted molar refractivity (Wildman–Crippen MR) is 64.9 cm³/mol. The Morgan fingerprint density at radius 1 is 1.32 bits per heavy atom. The van der Waals surface area contributed by atoms with Gasteiger partial charge in [0.15, 0.2) is 5.92 Å². The van der Waals surface area contributed by atoms with Crippen LogP contribution in [0.3, 0.4) is 0 Å². The second-order valence-corrected chi connectivity index (χ2v) is 3.66. The highest BCUT2D eigenvalue weighted by atomic mass is 16.6. The Kier molecular flexibility index (Phi) is 5.29. The van der Waals surface area contributed by atoms with Crippen LogP contribution in [0.1, 0.15) is 13.8 Å². The zero-order valence-corrected chi connectivity index (χ0v) is 10.9. The summed E-state index contributed by atoms with van der Waals surface area (Å²) in [6, 6.07) is 0. The van der Waals surface area contributed by atoms with E-state index in [0.717, 1.165) is 0 Å². The monoisotopic (exact) mass is 268 g/mol. The molecule has 0 fully saturated rings. The Morgan fingerprint density at radius 3 is 2.26 bits per heavy atom. The average Bonchev–Trinajstić information content (AvgIpc) is 2.72. The number of hydrogen-bond donors (Lipinski definition) is 0. The molecule has 0 saturated heterocycles. The van der Waals surface area contributed by atoms with E-state index in [0.29, 0.717) is 5.57 Å². The van der Waals surface area contributed by atoms with Crippen LogP contribution in [0.5, 0.6) is 0 Å². The molecule has 6 heteroatoms. The first-order valence-corrected chi connectivity index (χ1v) is 5.92. The molecular formula is C13H16O6. The molecule has 0 aromatic rings. The standard InChI is InChI=1S/C13H16O6/c1-4-8-7-19-11(14)9(8)10(12(15)17-5-2)13(16)18-6-3/h4,10H,1,5-7H2,2-3H3. The van der Waals surface area contributed by atoms with E-state index in [2.05, 4.69) is 6.58 Å². The van der Waals surface area contributed by atoms with E-state index in [4.69, 9.17) is 14.2 Å². The lowest BCUT2D eigenvalue weighted by atomic mass is 9.95. The summed E-state index contributed by atoms with van der Waals surface area (Å²) >= 11 is 0. The second kappa shape index (κ2) is 6.72. The van der Waals surface area contributed by atoms with Gasteiger partial charge in [0.1, 0.15) is 6.61 Å². The number of hydrogen-bond acceptors (Lipinski definition) is 6. The summed E-state index contributed by atoms with van der Waals surface area (Å²) < 4.78 is 14.4. The lowest BCUT2D eigenvalue weighted by Crippen LogP contribution is -2.32. The van der Waals surface area contributed by atoms with Gasteiger partial charge in [0.25, 0.3) is 0 Å². The van der Waals surface area contributed by atoms with E-state index >= 15 is 0 Å². The summed E-state index contributed by atoms with van der Waals surface area (Å²) in [6.07, 6.45) is 1.38. The maximum absolute atomic E-state index is 11.9. The van der Waals surface area contributed by atoms with Crippen molar-refractivity contribution in [3.05, 3.63) is 23.8 Å². The quantitative estimate of drug-likeness (QED) is 0.402. The van der Waals surface area contributed by atoms with Gasteiger partial charge in [0.05, 0.1) is 18.8 Å². The Hall–Kier alpha value is -2.11. The first-order chi connectivity index (χ1) is 9.06. The Labute approximate surface area is 111 Å². The molecule has 0 saturated carbocycles. The van der Waals surface area contributed by atoms with Gasteiger partial charge in [-0.1, -0.05) is 12.7 Å². The van der Waals surface area contributed by atoms with Crippen LogP contribution in [-0.2, 0) is 28.6 Å². The van der Waals surface area contributed by atoms with Crippen LogP contribution in [0.2, 0.25) is 0 Å². The van der Waals surface area contributed by atoms with Crippen LogP contribution in [0.15, 0.2) is 23.8 Å². The fourth-order valence-corrected chi connectivity index (χ4v) is 1.69. The zero-order chi connectivity index (χ0) is 14.4. The number of esters is 3. The van der Waals surface area contributed by atoms with E-state index in [9.17, 15) is 14.4 Å². The Balaban J connectivity index is 3.15. The molecule has 1 aliphatic rings. The smallest absolute Gasteiger partial charge is 0.336 e. The molecule has 0 bridgehead atoms. The summed E-state index contributed by atoms with van der Waals surface area (Å²) in [7, 11) is 0. The molecule has 0 radical (unpaired) electrons. The molecular weight excluding hydrogens is 252 g/mol. The van der Waals surface area contributed by atoms with Crippen molar-refractivity contribution < 1.29 is 28.6 Å². The summed E-state index contributed by atoms with van der Waals surface area (Å²) in [6.45, 7) is 6.93. The van der Waals surface area contributed by atoms with Crippen LogP contribution < -0.4 is 0 Å². The fourth-order valence-electron chi connectivity index (χ4n) is 1.69. The van der Waals surface area contributed by atoms with Crippen molar-refractivity contribution in [3.63, 3.8) is 0 Å². The molecule has 0 N–H and O–H groups in total. The molecule has 0 aliphatic carbocycles. The van der Waals surface area contributed by atoms with Gasteiger partial charge < -0.3 is 14.2 Å². The molecule has 0 amide bonds. The van der Waals surface area contributed by atoms with Crippen molar-refractivity contribution in [2.45, 2.75) is 13.8 Å². The molecule has 104 valence electrons. The summed E-state index contributed by atoms with van der Waals surface area (Å²) in [5.41, 5.74) is 0.350. The second-order valence-electron chi connectivity index (χ2n) is 3.66. The predicted octanol–water partition coefficient (Wildman–Crippen LogP) is 0.768. The SMILES string of the molecule is C=CC1=C(C(C(=O)OCC)C(=O)OCC)C(=O)OC1. The third-order valence-corrected chi connectivity index (χ3v) is 2.50. The van der Waals surface area contributed by atoms with Crippen LogP contribution in [0.4, 0.5) is 0 Å². The number of cyclic esters (lactones) is 1. The van der Waals surface area contributed by atoms with E-state index < -0.39 is 23.8 Å². The van der Waals surface area contributed by atoms with E-state index in [1.54, 1.807) is 13.8 Å². The van der Waals surface area contributed by atoms with Crippen molar-refractivity contribution >= 4 is 17.9 Å². The molecule has 6 nitrogen and oxygen atoms in total. The number of carbonyl (C=O) groups excluding carboxylic acids is 3. The lowest BCUT2D eigenvalue weighted by Gasteiger charge is -2.14. The Morgan fingerprint density at radius 2 is 1.84 bits per heavy atom. The van der Waals surface area contributed by atoms with Gasteiger partial charge in [0.2, 0.25) is 0 Å². The third kappa shape index (κ3) is 3.21. The first kappa shape index (κ1) is 14.9. The molecule has 0 unspecified atom stereocenters. The molecule has 19 heavy (non-hydrogen) atoms. The van der Waals surface area contributed by atoms with Gasteiger partial charge in [-0.25, -0.2) is 4.79 Å². The van der Waals surface area contributed by atoms with Crippen LogP contribution in [0, 0.1) is 5.92 Å². The topological polar surface area (TPSA) is 78.9 Å². The van der Waals surface area contributed by atoms with Gasteiger partial charge in [-0.3, -0.25) is 9.59 Å². The number of ether oxygens (including phenoxy) is 3. The van der Waals surface area contributed by atoms with Crippen LogP contribution >= 0.6 is 0 Å². The molecule has 1 rings (SSSR count). The normalized spacial score (nSPS) is 14.4. The van der Waals surface area contributed by atoms with Gasteiger partial charge in [-0.05, 0) is 13.8 Å². The van der Waals surface area contributed by atoms with Gasteiger partial charge in [0, 0.05) is 5.57 Å². The highest BCUT2D eigenvalue weighted by Gasteiger charge is 2.41. The summed E-state index contributed by atoms with van der Waals surface area (Å²) in [4.78, 5) is 35.4. The summed E-state index contributed by atoms with van der Waals surface area (Å²) in [5.74, 6) is -3.78. The highest BCUT2D eigenvalue weighted by Crippen LogP contribution is 2.26. The van der Waals surface area contributed by atoms with Crippen molar-refractivity contribution in [1.82, 2.24) is 0 Å². The minimum atomic E-state index is -1.41. The van der Waals surface area contributed by atoms with E-state index in [1.165, 1.54) is 6.08 Å². The minimum absolute atomic E-state index is 0.00697. The lowest BCUT2D eigenvalue weighted by molar-refractivity contribution is -0.161. The van der Waals surface area contributed by atoms with Gasteiger partial charge in [-0.2, -0.15) is 0 Å². The molecule has 0 aromatic heterocycles. The fraction of sp³-hybridized carbons (Fsp3) is 0.462. The first-order valence-electron chi connectivity index (χ1n) is 5.92. The highest BCUT2D eigenvalue weighted by molar-refractivity contribution is 6.09. The van der Waals surface area contributed by atoms with Gasteiger partial charge in [-0.15, -0.1) is 0 Å². The maximum atomic E-state index is 11.9. The van der Waals surface area contributed by atoms with E-state index in [1.807, 2.05) is 0 Å². The molecule has 1 heterocycles. The molecule has 0 aromatic carbocycles. The van der Waals surface area contributed by atoms with Crippen LogP contribution in [0.25, 0.3) is 0 Å². The zero-order valence-electron chi connectivity index (χ0n) is 10.9. The molecule has 1 aliphatic heterocycles. The number of rotatable bonds is 6. The minimum Gasteiger partial charge on any atom is -0.465 e. The number of carbonyl (C=O) groups is 3. The summed E-state index contributed by atoms with van der Waals surface area (Å²) in [5, 5.41) is 0. The van der Waals surface area contributed by atoms with Crippen molar-refractivity contribution in [2.24, 2.45) is 5.92 Å². The van der Waals surface area contributed by atoms with Crippen molar-refractivity contribution in [1.29, 1.82) is 0 Å². The largest absolute Gasteiger partial charge is 0.465 e. The van der Waals surface area contributed by atoms with E-state index in [-0.39, 0.29) is 25.4 Å². The third-order valence-electron chi connectivity index (χ3n) is 2.50. The molecule has 0 atom stereocenters. The molecule has 0 spiro atoms. The Bertz CT molecular complexity index is 416. The van der Waals surface area contributed by atoms with Gasteiger partial charge >= 0.3 is 17.9 Å². The average molecular weight is 268 g/mol.